The van der Waals surface area contributed by atoms with Gasteiger partial charge < -0.3 is 5.32 Å². The first kappa shape index (κ1) is 14.1. The molecule has 1 rings (SSSR count). The number of hydrogen-bond donors (Lipinski definition) is 1. The Hall–Kier alpha value is -0.940. The third-order valence-corrected chi connectivity index (χ3v) is 2.80. The van der Waals surface area contributed by atoms with Crippen LogP contribution in [0.3, 0.4) is 0 Å². The van der Waals surface area contributed by atoms with Crippen molar-refractivity contribution in [3.05, 3.63) is 12.2 Å². The maximum atomic E-state index is 4.34. The SMILES string of the molecule is CCCn1ncnc1CN(CC)CCNCC. The highest BCUT2D eigenvalue weighted by Gasteiger charge is 2.08. The van der Waals surface area contributed by atoms with Gasteiger partial charge >= 0.3 is 0 Å². The van der Waals surface area contributed by atoms with Crippen molar-refractivity contribution < 1.29 is 0 Å². The summed E-state index contributed by atoms with van der Waals surface area (Å²) in [4.78, 5) is 6.73. The van der Waals surface area contributed by atoms with Crippen LogP contribution >= 0.6 is 0 Å². The quantitative estimate of drug-likeness (QED) is 0.656. The third-order valence-electron chi connectivity index (χ3n) is 2.80. The highest BCUT2D eigenvalue weighted by molar-refractivity contribution is 4.84. The molecule has 0 spiro atoms. The number of likely N-dealkylation sites (N-methyl/N-ethyl adjacent to an activating group) is 2. The molecule has 5 nitrogen and oxygen atoms in total. The number of aromatic nitrogens is 3. The molecule has 0 saturated carbocycles. The predicted octanol–water partition coefficient (Wildman–Crippen LogP) is 1.12. The second-order valence-electron chi connectivity index (χ2n) is 4.12. The van der Waals surface area contributed by atoms with Gasteiger partial charge in [-0.3, -0.25) is 4.90 Å². The van der Waals surface area contributed by atoms with Crippen LogP contribution in [0.1, 0.15) is 33.0 Å². The van der Waals surface area contributed by atoms with E-state index in [9.17, 15) is 0 Å². The van der Waals surface area contributed by atoms with Gasteiger partial charge in [0.05, 0.1) is 6.54 Å². The molecule has 1 aromatic heterocycles. The fraction of sp³-hybridized carbons (Fsp3) is 0.833. The first-order valence-corrected chi connectivity index (χ1v) is 6.61. The summed E-state index contributed by atoms with van der Waals surface area (Å²) < 4.78 is 2.01. The fourth-order valence-electron chi connectivity index (χ4n) is 1.77. The van der Waals surface area contributed by atoms with Crippen LogP contribution in [0.4, 0.5) is 0 Å². The first-order valence-electron chi connectivity index (χ1n) is 6.61. The maximum Gasteiger partial charge on any atom is 0.141 e. The molecule has 5 heteroatoms. The molecule has 1 aromatic rings. The Morgan fingerprint density at radius 2 is 2.18 bits per heavy atom. The fourth-order valence-corrected chi connectivity index (χ4v) is 1.77. The molecule has 98 valence electrons. The van der Waals surface area contributed by atoms with Crippen LogP contribution in [-0.4, -0.2) is 45.8 Å². The Balaban J connectivity index is 2.45. The molecular weight excluding hydrogens is 214 g/mol. The van der Waals surface area contributed by atoms with Crippen molar-refractivity contribution in [2.24, 2.45) is 0 Å². The minimum atomic E-state index is 0.891. The maximum absolute atomic E-state index is 4.34. The van der Waals surface area contributed by atoms with Gasteiger partial charge in [-0.15, -0.1) is 0 Å². The van der Waals surface area contributed by atoms with Gasteiger partial charge in [0.25, 0.3) is 0 Å². The van der Waals surface area contributed by atoms with E-state index in [1.807, 2.05) is 4.68 Å². The van der Waals surface area contributed by atoms with Crippen molar-refractivity contribution in [1.82, 2.24) is 25.0 Å². The molecule has 1 heterocycles. The van der Waals surface area contributed by atoms with E-state index in [0.717, 1.165) is 51.5 Å². The summed E-state index contributed by atoms with van der Waals surface area (Å²) in [5, 5.41) is 7.60. The van der Waals surface area contributed by atoms with Crippen molar-refractivity contribution in [1.29, 1.82) is 0 Å². The van der Waals surface area contributed by atoms with E-state index in [1.54, 1.807) is 6.33 Å². The van der Waals surface area contributed by atoms with Gasteiger partial charge in [0.2, 0.25) is 0 Å². The monoisotopic (exact) mass is 239 g/mol. The Bertz CT molecular complexity index is 297. The van der Waals surface area contributed by atoms with Crippen LogP contribution in [0.5, 0.6) is 0 Å². The summed E-state index contributed by atoms with van der Waals surface area (Å²) >= 11 is 0. The topological polar surface area (TPSA) is 46.0 Å². The van der Waals surface area contributed by atoms with E-state index in [2.05, 4.69) is 41.1 Å². The molecule has 0 atom stereocenters. The van der Waals surface area contributed by atoms with E-state index in [4.69, 9.17) is 0 Å². The smallest absolute Gasteiger partial charge is 0.141 e. The molecule has 0 aliphatic carbocycles. The molecular formula is C12H25N5. The zero-order valence-corrected chi connectivity index (χ0v) is 11.3. The molecule has 0 aliphatic rings. The van der Waals surface area contributed by atoms with Gasteiger partial charge in [0.1, 0.15) is 12.2 Å². The zero-order valence-electron chi connectivity index (χ0n) is 11.3. The average Bonchev–Trinajstić information content (AvgIpc) is 2.76. The standard InChI is InChI=1S/C12H25N5/c1-4-8-17-12(14-11-15-17)10-16(6-3)9-7-13-5-2/h11,13H,4-10H2,1-3H3. The number of rotatable bonds is 9. The number of nitrogens with one attached hydrogen (secondary N) is 1. The molecule has 0 saturated heterocycles. The molecule has 1 N–H and O–H groups in total. The van der Waals surface area contributed by atoms with E-state index < -0.39 is 0 Å². The summed E-state index contributed by atoms with van der Waals surface area (Å²) in [5.74, 6) is 1.07. The van der Waals surface area contributed by atoms with E-state index in [0.29, 0.717) is 0 Å². The molecule has 17 heavy (non-hydrogen) atoms. The van der Waals surface area contributed by atoms with Crippen LogP contribution in [0.25, 0.3) is 0 Å². The molecule has 0 unspecified atom stereocenters. The summed E-state index contributed by atoms with van der Waals surface area (Å²) in [5.41, 5.74) is 0. The van der Waals surface area contributed by atoms with E-state index in [-0.39, 0.29) is 0 Å². The third kappa shape index (κ3) is 4.83. The molecule has 0 radical (unpaired) electrons. The first-order chi connectivity index (χ1) is 8.31. The number of aryl methyl sites for hydroxylation is 1. The van der Waals surface area contributed by atoms with E-state index >= 15 is 0 Å². The molecule has 0 bridgehead atoms. The zero-order chi connectivity index (χ0) is 12.5. The lowest BCUT2D eigenvalue weighted by atomic mass is 10.4. The van der Waals surface area contributed by atoms with Crippen LogP contribution in [0, 0.1) is 0 Å². The van der Waals surface area contributed by atoms with Gasteiger partial charge in [-0.2, -0.15) is 5.10 Å². The minimum absolute atomic E-state index is 0.891. The molecule has 0 aromatic carbocycles. The largest absolute Gasteiger partial charge is 0.316 e. The van der Waals surface area contributed by atoms with Crippen molar-refractivity contribution >= 4 is 0 Å². The normalized spacial score (nSPS) is 11.3. The van der Waals surface area contributed by atoms with Gasteiger partial charge in [0, 0.05) is 19.6 Å². The lowest BCUT2D eigenvalue weighted by Crippen LogP contribution is -2.32. The van der Waals surface area contributed by atoms with Gasteiger partial charge in [0.15, 0.2) is 0 Å². The molecule has 0 aliphatic heterocycles. The number of hydrogen-bond acceptors (Lipinski definition) is 4. The Labute approximate surface area is 104 Å². The highest BCUT2D eigenvalue weighted by atomic mass is 15.3. The molecule has 0 amide bonds. The second-order valence-corrected chi connectivity index (χ2v) is 4.12. The Morgan fingerprint density at radius 1 is 1.35 bits per heavy atom. The van der Waals surface area contributed by atoms with Gasteiger partial charge in [-0.25, -0.2) is 9.67 Å². The lowest BCUT2D eigenvalue weighted by molar-refractivity contribution is 0.267. The second kappa shape index (κ2) is 8.20. The lowest BCUT2D eigenvalue weighted by Gasteiger charge is -2.20. The van der Waals surface area contributed by atoms with Crippen molar-refractivity contribution in [3.8, 4) is 0 Å². The molecule has 0 fully saturated rings. The minimum Gasteiger partial charge on any atom is -0.316 e. The van der Waals surface area contributed by atoms with Crippen molar-refractivity contribution in [2.75, 3.05) is 26.2 Å². The van der Waals surface area contributed by atoms with Crippen molar-refractivity contribution in [3.63, 3.8) is 0 Å². The summed E-state index contributed by atoms with van der Waals surface area (Å²) in [6.07, 6.45) is 2.75. The van der Waals surface area contributed by atoms with Crippen LogP contribution in [0.15, 0.2) is 6.33 Å². The van der Waals surface area contributed by atoms with Gasteiger partial charge in [-0.1, -0.05) is 20.8 Å². The number of nitrogens with zero attached hydrogens (tertiary/aromatic N) is 4. The Kier molecular flexibility index (Phi) is 6.81. The van der Waals surface area contributed by atoms with Crippen molar-refractivity contribution in [2.45, 2.75) is 40.3 Å². The van der Waals surface area contributed by atoms with Crippen LogP contribution < -0.4 is 5.32 Å². The highest BCUT2D eigenvalue weighted by Crippen LogP contribution is 2.01. The Morgan fingerprint density at radius 3 is 2.82 bits per heavy atom. The summed E-state index contributed by atoms with van der Waals surface area (Å²) in [7, 11) is 0. The average molecular weight is 239 g/mol. The summed E-state index contributed by atoms with van der Waals surface area (Å²) in [6.45, 7) is 12.5. The predicted molar refractivity (Wildman–Crippen MR) is 69.8 cm³/mol. The van der Waals surface area contributed by atoms with Crippen LogP contribution in [0.2, 0.25) is 0 Å². The summed E-state index contributed by atoms with van der Waals surface area (Å²) in [6, 6.07) is 0. The van der Waals surface area contributed by atoms with Crippen LogP contribution in [-0.2, 0) is 13.1 Å². The van der Waals surface area contributed by atoms with Gasteiger partial charge in [-0.05, 0) is 19.5 Å². The van der Waals surface area contributed by atoms with E-state index in [1.165, 1.54) is 0 Å².